The number of benzene rings is 1. The fourth-order valence-electron chi connectivity index (χ4n) is 3.93. The van der Waals surface area contributed by atoms with Gasteiger partial charge in [-0.05, 0) is 12.0 Å². The van der Waals surface area contributed by atoms with Gasteiger partial charge >= 0.3 is 0 Å². The summed E-state index contributed by atoms with van der Waals surface area (Å²) in [6.07, 6.45) is 0.619. The van der Waals surface area contributed by atoms with Gasteiger partial charge in [0.2, 0.25) is 5.43 Å². The Morgan fingerprint density at radius 3 is 2.74 bits per heavy atom. The van der Waals surface area contributed by atoms with E-state index in [0.29, 0.717) is 12.7 Å². The van der Waals surface area contributed by atoms with Crippen LogP contribution in [-0.2, 0) is 17.8 Å². The largest absolute Gasteiger partial charge is 0.503 e. The molecule has 2 aromatic rings. The van der Waals surface area contributed by atoms with Crippen LogP contribution in [0.15, 0.2) is 29.2 Å². The first-order valence-corrected chi connectivity index (χ1v) is 9.81. The van der Waals surface area contributed by atoms with Crippen LogP contribution >= 0.6 is 0 Å². The maximum Gasteiger partial charge on any atom is 0.276 e. The number of nitrogens with zero attached hydrogens (tertiary/aromatic N) is 2. The molecule has 2 aliphatic heterocycles. The summed E-state index contributed by atoms with van der Waals surface area (Å²) in [6, 6.07) is 2.73. The summed E-state index contributed by atoms with van der Waals surface area (Å²) < 4.78 is 33.8. The Labute approximate surface area is 176 Å². The minimum absolute atomic E-state index is 0.0296. The van der Waals surface area contributed by atoms with Gasteiger partial charge in [-0.3, -0.25) is 14.4 Å². The Hall–Kier alpha value is -3.27. The van der Waals surface area contributed by atoms with Crippen LogP contribution in [0.4, 0.5) is 8.78 Å². The summed E-state index contributed by atoms with van der Waals surface area (Å²) in [5, 5.41) is 12.8. The number of amides is 2. The molecule has 31 heavy (non-hydrogen) atoms. The third-order valence-corrected chi connectivity index (χ3v) is 5.64. The van der Waals surface area contributed by atoms with Crippen molar-refractivity contribution in [1.29, 1.82) is 0 Å². The molecule has 3 heterocycles. The summed E-state index contributed by atoms with van der Waals surface area (Å²) in [4.78, 5) is 39.7. The highest BCUT2D eigenvalue weighted by Crippen LogP contribution is 2.32. The quantitative estimate of drug-likeness (QED) is 0.763. The van der Waals surface area contributed by atoms with E-state index >= 15 is 0 Å². The number of fused-ring (bicyclic) bond motifs is 2. The number of carbonyl (C=O) groups excluding carboxylic acids is 2. The highest BCUT2D eigenvalue weighted by atomic mass is 19.1. The van der Waals surface area contributed by atoms with Gasteiger partial charge in [0.05, 0.1) is 19.2 Å². The van der Waals surface area contributed by atoms with Crippen LogP contribution in [0.2, 0.25) is 0 Å². The first-order valence-electron chi connectivity index (χ1n) is 9.81. The van der Waals surface area contributed by atoms with Crippen LogP contribution in [0.5, 0.6) is 5.75 Å². The Morgan fingerprint density at radius 2 is 2.06 bits per heavy atom. The second-order valence-corrected chi connectivity index (χ2v) is 7.95. The van der Waals surface area contributed by atoms with Crippen LogP contribution < -0.4 is 10.7 Å². The molecule has 2 N–H and O–H groups in total. The van der Waals surface area contributed by atoms with Gasteiger partial charge in [-0.2, -0.15) is 0 Å². The van der Waals surface area contributed by atoms with Gasteiger partial charge in [0, 0.05) is 24.4 Å². The average molecular weight is 433 g/mol. The maximum atomic E-state index is 13.8. The molecule has 164 valence electrons. The Balaban J connectivity index is 1.62. The fraction of sp³-hybridized carbons (Fsp3) is 0.381. The summed E-state index contributed by atoms with van der Waals surface area (Å²) >= 11 is 0. The van der Waals surface area contributed by atoms with E-state index in [1.807, 2.05) is 13.8 Å². The van der Waals surface area contributed by atoms with Crippen molar-refractivity contribution >= 4 is 11.8 Å². The molecule has 2 amide bonds. The fourth-order valence-corrected chi connectivity index (χ4v) is 3.93. The standard InChI is InChI=1S/C21H21F2N3O5/c1-10(2)15-9-31-16-8-25-7-13(18(27)19(28)17(25)21(30)26(15)16)20(29)24-6-11-3-4-12(22)5-14(11)23/h3-5,7,10,15-16,28H,6,8-9H2,1-2H3,(H,24,29). The number of ether oxygens (including phenoxy) is 1. The predicted octanol–water partition coefficient (Wildman–Crippen LogP) is 1.60. The van der Waals surface area contributed by atoms with Crippen molar-refractivity contribution in [1.82, 2.24) is 14.8 Å². The first kappa shape index (κ1) is 21.0. The lowest BCUT2D eigenvalue weighted by molar-refractivity contribution is 0.00429. The Bertz CT molecular complexity index is 1130. The molecule has 2 aliphatic rings. The second kappa shape index (κ2) is 7.77. The van der Waals surface area contributed by atoms with E-state index in [0.717, 1.165) is 6.07 Å². The van der Waals surface area contributed by atoms with E-state index in [2.05, 4.69) is 5.32 Å². The van der Waals surface area contributed by atoms with Crippen molar-refractivity contribution in [2.45, 2.75) is 39.2 Å². The van der Waals surface area contributed by atoms with Crippen molar-refractivity contribution in [3.05, 3.63) is 63.1 Å². The summed E-state index contributed by atoms with van der Waals surface area (Å²) in [7, 11) is 0. The zero-order valence-corrected chi connectivity index (χ0v) is 16.9. The molecule has 2 unspecified atom stereocenters. The summed E-state index contributed by atoms with van der Waals surface area (Å²) in [5.41, 5.74) is -1.57. The van der Waals surface area contributed by atoms with E-state index < -0.39 is 46.4 Å². The third kappa shape index (κ3) is 3.56. The highest BCUT2D eigenvalue weighted by Gasteiger charge is 2.45. The Kier molecular flexibility index (Phi) is 5.26. The smallest absolute Gasteiger partial charge is 0.276 e. The molecule has 1 aromatic carbocycles. The van der Waals surface area contributed by atoms with Crippen LogP contribution in [0.1, 0.15) is 40.3 Å². The molecule has 10 heteroatoms. The number of aromatic nitrogens is 1. The average Bonchev–Trinajstić information content (AvgIpc) is 3.14. The van der Waals surface area contributed by atoms with E-state index in [1.54, 1.807) is 0 Å². The third-order valence-electron chi connectivity index (χ3n) is 5.64. The lowest BCUT2D eigenvalue weighted by Gasteiger charge is -2.35. The minimum atomic E-state index is -1.00. The van der Waals surface area contributed by atoms with Crippen LogP contribution in [0, 0.1) is 17.6 Å². The van der Waals surface area contributed by atoms with Gasteiger partial charge in [-0.1, -0.05) is 19.9 Å². The number of carbonyl (C=O) groups is 2. The molecule has 2 atom stereocenters. The number of hydrogen-bond donors (Lipinski definition) is 2. The maximum absolute atomic E-state index is 13.8. The zero-order chi connectivity index (χ0) is 22.4. The monoisotopic (exact) mass is 433 g/mol. The first-order chi connectivity index (χ1) is 14.7. The lowest BCUT2D eigenvalue weighted by Crippen LogP contribution is -2.51. The molecule has 0 radical (unpaired) electrons. The topological polar surface area (TPSA) is 101 Å². The molecule has 1 saturated heterocycles. The van der Waals surface area contributed by atoms with E-state index in [4.69, 9.17) is 4.74 Å². The van der Waals surface area contributed by atoms with Gasteiger partial charge in [-0.15, -0.1) is 0 Å². The predicted molar refractivity (Wildman–Crippen MR) is 104 cm³/mol. The van der Waals surface area contributed by atoms with Gasteiger partial charge in [0.15, 0.2) is 17.7 Å². The number of pyridine rings is 1. The number of aromatic hydroxyl groups is 1. The van der Waals surface area contributed by atoms with E-state index in [-0.39, 0.29) is 36.3 Å². The van der Waals surface area contributed by atoms with Crippen molar-refractivity contribution in [3.63, 3.8) is 0 Å². The molecule has 8 nitrogen and oxygen atoms in total. The van der Waals surface area contributed by atoms with Crippen molar-refractivity contribution in [2.24, 2.45) is 5.92 Å². The van der Waals surface area contributed by atoms with E-state index in [1.165, 1.54) is 21.7 Å². The number of halogens is 2. The highest BCUT2D eigenvalue weighted by molar-refractivity contribution is 5.99. The van der Waals surface area contributed by atoms with Gasteiger partial charge in [0.25, 0.3) is 11.8 Å². The molecule has 0 saturated carbocycles. The van der Waals surface area contributed by atoms with E-state index in [9.17, 15) is 28.3 Å². The zero-order valence-electron chi connectivity index (χ0n) is 16.9. The van der Waals surface area contributed by atoms with Crippen LogP contribution in [0.25, 0.3) is 0 Å². The number of rotatable bonds is 4. The molecule has 1 fully saturated rings. The molecule has 4 rings (SSSR count). The molecule has 0 bridgehead atoms. The van der Waals surface area contributed by atoms with Crippen molar-refractivity contribution in [3.8, 4) is 5.75 Å². The SMILES string of the molecule is CC(C)C1COC2Cn3cc(C(=O)NCc4ccc(F)cc4F)c(=O)c(O)c3C(=O)N21. The van der Waals surface area contributed by atoms with Crippen molar-refractivity contribution < 1.29 is 28.2 Å². The van der Waals surface area contributed by atoms with Crippen molar-refractivity contribution in [2.75, 3.05) is 6.61 Å². The molecule has 1 aromatic heterocycles. The minimum Gasteiger partial charge on any atom is -0.503 e. The summed E-state index contributed by atoms with van der Waals surface area (Å²) in [6.45, 7) is 4.09. The van der Waals surface area contributed by atoms with Gasteiger partial charge in [-0.25, -0.2) is 8.78 Å². The molecule has 0 aliphatic carbocycles. The van der Waals surface area contributed by atoms with Gasteiger partial charge in [0.1, 0.15) is 17.2 Å². The second-order valence-electron chi connectivity index (χ2n) is 7.95. The number of hydrogen-bond acceptors (Lipinski definition) is 5. The summed E-state index contributed by atoms with van der Waals surface area (Å²) in [5.74, 6) is -3.69. The molecular formula is C21H21F2N3O5. The lowest BCUT2D eigenvalue weighted by atomic mass is 10.0. The number of nitrogens with one attached hydrogen (secondary N) is 1. The van der Waals surface area contributed by atoms with Crippen LogP contribution in [0.3, 0.4) is 0 Å². The van der Waals surface area contributed by atoms with Crippen LogP contribution in [-0.4, -0.2) is 45.3 Å². The molecule has 0 spiro atoms. The van der Waals surface area contributed by atoms with Gasteiger partial charge < -0.3 is 24.6 Å². The Morgan fingerprint density at radius 1 is 1.32 bits per heavy atom. The normalized spacial score (nSPS) is 20.0. The molecular weight excluding hydrogens is 412 g/mol.